The number of carbonyl (C=O) groups excluding carboxylic acids is 1. The molecule has 0 spiro atoms. The van der Waals surface area contributed by atoms with Crippen LogP contribution in [-0.4, -0.2) is 56.8 Å². The van der Waals surface area contributed by atoms with E-state index < -0.39 is 10.0 Å². The molecular formula is C16H24ClN3O3S. The van der Waals surface area contributed by atoms with Crippen LogP contribution in [0, 0.1) is 0 Å². The van der Waals surface area contributed by atoms with Gasteiger partial charge in [0.25, 0.3) is 0 Å². The molecule has 8 heteroatoms. The number of hydrogen-bond donors (Lipinski definition) is 1. The van der Waals surface area contributed by atoms with Gasteiger partial charge in [-0.15, -0.1) is 0 Å². The molecule has 0 aliphatic carbocycles. The Kier molecular flexibility index (Phi) is 6.25. The van der Waals surface area contributed by atoms with Gasteiger partial charge in [-0.05, 0) is 51.1 Å². The Morgan fingerprint density at radius 2 is 1.88 bits per heavy atom. The van der Waals surface area contributed by atoms with Crippen LogP contribution in [0.3, 0.4) is 0 Å². The lowest BCUT2D eigenvalue weighted by molar-refractivity contribution is -0.121. The summed E-state index contributed by atoms with van der Waals surface area (Å²) in [4.78, 5) is 14.6. The van der Waals surface area contributed by atoms with Crippen molar-refractivity contribution in [1.82, 2.24) is 9.21 Å². The summed E-state index contributed by atoms with van der Waals surface area (Å²) in [6.07, 6.45) is 3.40. The molecule has 24 heavy (non-hydrogen) atoms. The molecule has 1 saturated heterocycles. The summed E-state index contributed by atoms with van der Waals surface area (Å²) < 4.78 is 25.7. The molecule has 1 heterocycles. The van der Waals surface area contributed by atoms with Crippen molar-refractivity contribution in [3.8, 4) is 0 Å². The van der Waals surface area contributed by atoms with E-state index in [0.29, 0.717) is 5.69 Å². The van der Waals surface area contributed by atoms with E-state index in [2.05, 4.69) is 10.2 Å². The van der Waals surface area contributed by atoms with Gasteiger partial charge in [-0.25, -0.2) is 12.7 Å². The number of sulfonamides is 1. The zero-order valence-electron chi connectivity index (χ0n) is 14.3. The fourth-order valence-electron chi connectivity index (χ4n) is 2.69. The third kappa shape index (κ3) is 4.27. The van der Waals surface area contributed by atoms with Crippen molar-refractivity contribution in [3.05, 3.63) is 23.2 Å². The SMILES string of the molecule is CC(C(=O)Nc1ccc(Cl)c(S(=O)(=O)N(C)C)c1)N1CCCCC1. The van der Waals surface area contributed by atoms with E-state index in [1.54, 1.807) is 6.07 Å². The maximum atomic E-state index is 12.4. The summed E-state index contributed by atoms with van der Waals surface area (Å²) in [5.41, 5.74) is 0.425. The predicted octanol–water partition coefficient (Wildman–Crippen LogP) is 2.40. The molecule has 2 rings (SSSR count). The van der Waals surface area contributed by atoms with Gasteiger partial charge in [-0.1, -0.05) is 18.0 Å². The van der Waals surface area contributed by atoms with Crippen LogP contribution in [0.1, 0.15) is 26.2 Å². The number of benzene rings is 1. The van der Waals surface area contributed by atoms with Crippen molar-refractivity contribution in [2.45, 2.75) is 37.1 Å². The van der Waals surface area contributed by atoms with E-state index in [4.69, 9.17) is 11.6 Å². The lowest BCUT2D eigenvalue weighted by atomic mass is 10.1. The van der Waals surface area contributed by atoms with Gasteiger partial charge in [0.2, 0.25) is 15.9 Å². The van der Waals surface area contributed by atoms with Crippen LogP contribution in [0.25, 0.3) is 0 Å². The molecule has 6 nitrogen and oxygen atoms in total. The topological polar surface area (TPSA) is 69.7 Å². The van der Waals surface area contributed by atoms with Crippen molar-refractivity contribution < 1.29 is 13.2 Å². The molecule has 1 aliphatic rings. The first kappa shape index (κ1) is 19.2. The molecule has 1 aromatic rings. The molecule has 0 radical (unpaired) electrons. The van der Waals surface area contributed by atoms with E-state index >= 15 is 0 Å². The Morgan fingerprint density at radius 3 is 2.46 bits per heavy atom. The van der Waals surface area contributed by atoms with Crippen molar-refractivity contribution in [2.24, 2.45) is 0 Å². The van der Waals surface area contributed by atoms with E-state index in [1.165, 1.54) is 32.6 Å². The van der Waals surface area contributed by atoms with Crippen LogP contribution in [0.15, 0.2) is 23.1 Å². The number of piperidine rings is 1. The molecule has 0 saturated carbocycles. The number of carbonyl (C=O) groups is 1. The number of likely N-dealkylation sites (tertiary alicyclic amines) is 1. The minimum atomic E-state index is -3.67. The summed E-state index contributed by atoms with van der Waals surface area (Å²) in [7, 11) is -0.787. The Labute approximate surface area is 148 Å². The average Bonchev–Trinajstić information content (AvgIpc) is 2.56. The summed E-state index contributed by atoms with van der Waals surface area (Å²) in [5, 5.41) is 2.93. The van der Waals surface area contributed by atoms with Crippen molar-refractivity contribution in [1.29, 1.82) is 0 Å². The third-order valence-corrected chi connectivity index (χ3v) is 6.57. The quantitative estimate of drug-likeness (QED) is 0.860. The fourth-order valence-corrected chi connectivity index (χ4v) is 4.09. The number of anilines is 1. The molecule has 1 aliphatic heterocycles. The number of nitrogens with zero attached hydrogens (tertiary/aromatic N) is 2. The molecule has 1 unspecified atom stereocenters. The van der Waals surface area contributed by atoms with E-state index in [0.717, 1.165) is 30.2 Å². The van der Waals surface area contributed by atoms with Gasteiger partial charge in [0.1, 0.15) is 4.90 Å². The first-order chi connectivity index (χ1) is 11.2. The number of hydrogen-bond acceptors (Lipinski definition) is 4. The maximum Gasteiger partial charge on any atom is 0.244 e. The first-order valence-corrected chi connectivity index (χ1v) is 9.82. The summed E-state index contributed by atoms with van der Waals surface area (Å²) in [5.74, 6) is -0.146. The van der Waals surface area contributed by atoms with Crippen LogP contribution in [0.4, 0.5) is 5.69 Å². The Balaban J connectivity index is 2.17. The zero-order chi connectivity index (χ0) is 17.9. The molecule has 1 atom stereocenters. The van der Waals surface area contributed by atoms with Gasteiger partial charge in [-0.2, -0.15) is 0 Å². The van der Waals surface area contributed by atoms with Gasteiger partial charge in [0, 0.05) is 19.8 Å². The highest BCUT2D eigenvalue weighted by atomic mass is 35.5. The predicted molar refractivity (Wildman–Crippen MR) is 95.8 cm³/mol. The van der Waals surface area contributed by atoms with Crippen molar-refractivity contribution in [2.75, 3.05) is 32.5 Å². The second-order valence-corrected chi connectivity index (χ2v) is 8.72. The summed E-state index contributed by atoms with van der Waals surface area (Å²) in [6.45, 7) is 3.69. The van der Waals surface area contributed by atoms with Crippen molar-refractivity contribution in [3.63, 3.8) is 0 Å². The highest BCUT2D eigenvalue weighted by molar-refractivity contribution is 7.89. The normalized spacial score (nSPS) is 17.7. The van der Waals surface area contributed by atoms with Gasteiger partial charge in [-0.3, -0.25) is 9.69 Å². The smallest absolute Gasteiger partial charge is 0.244 e. The fraction of sp³-hybridized carbons (Fsp3) is 0.562. The molecule has 134 valence electrons. The van der Waals surface area contributed by atoms with Crippen LogP contribution >= 0.6 is 11.6 Å². The van der Waals surface area contributed by atoms with Crippen LogP contribution in [0.5, 0.6) is 0 Å². The average molecular weight is 374 g/mol. The molecular weight excluding hydrogens is 350 g/mol. The monoisotopic (exact) mass is 373 g/mol. The standard InChI is InChI=1S/C16H24ClN3O3S/c1-12(20-9-5-4-6-10-20)16(21)18-13-7-8-14(17)15(11-13)24(22,23)19(2)3/h7-8,11-12H,4-6,9-10H2,1-3H3,(H,18,21). The Bertz CT molecular complexity index is 701. The molecule has 0 aromatic heterocycles. The van der Waals surface area contributed by atoms with Crippen LogP contribution in [-0.2, 0) is 14.8 Å². The lowest BCUT2D eigenvalue weighted by Crippen LogP contribution is -2.44. The highest BCUT2D eigenvalue weighted by Gasteiger charge is 2.24. The van der Waals surface area contributed by atoms with Gasteiger partial charge < -0.3 is 5.32 Å². The maximum absolute atomic E-state index is 12.4. The lowest BCUT2D eigenvalue weighted by Gasteiger charge is -2.31. The number of halogens is 1. The number of amides is 1. The van der Waals surface area contributed by atoms with E-state index in [1.807, 2.05) is 6.92 Å². The van der Waals surface area contributed by atoms with E-state index in [9.17, 15) is 13.2 Å². The summed E-state index contributed by atoms with van der Waals surface area (Å²) >= 11 is 6.02. The minimum absolute atomic E-state index is 0.0161. The first-order valence-electron chi connectivity index (χ1n) is 8.00. The van der Waals surface area contributed by atoms with Gasteiger partial charge in [0.05, 0.1) is 11.1 Å². The molecule has 1 aromatic carbocycles. The second-order valence-electron chi connectivity index (χ2n) is 6.19. The molecule has 1 fully saturated rings. The number of rotatable bonds is 5. The number of nitrogens with one attached hydrogen (secondary N) is 1. The molecule has 1 amide bonds. The molecule has 0 bridgehead atoms. The van der Waals surface area contributed by atoms with Gasteiger partial charge >= 0.3 is 0 Å². The molecule has 1 N–H and O–H groups in total. The van der Waals surface area contributed by atoms with Crippen molar-refractivity contribution >= 4 is 33.2 Å². The van der Waals surface area contributed by atoms with Crippen LogP contribution < -0.4 is 5.32 Å². The highest BCUT2D eigenvalue weighted by Crippen LogP contribution is 2.27. The Morgan fingerprint density at radius 1 is 1.25 bits per heavy atom. The summed E-state index contributed by atoms with van der Waals surface area (Å²) in [6, 6.07) is 4.24. The minimum Gasteiger partial charge on any atom is -0.325 e. The largest absolute Gasteiger partial charge is 0.325 e. The second kappa shape index (κ2) is 7.82. The van der Waals surface area contributed by atoms with Gasteiger partial charge in [0.15, 0.2) is 0 Å². The van der Waals surface area contributed by atoms with Crippen LogP contribution in [0.2, 0.25) is 5.02 Å². The third-order valence-electron chi connectivity index (χ3n) is 4.28. The Hall–Kier alpha value is -1.15. The zero-order valence-corrected chi connectivity index (χ0v) is 15.8. The van der Waals surface area contributed by atoms with E-state index in [-0.39, 0.29) is 21.9 Å².